The molecule has 2 heteroatoms. The Labute approximate surface area is 161 Å². The lowest BCUT2D eigenvalue weighted by atomic mass is 10.0. The second kappa shape index (κ2) is 12.1. The van der Waals surface area contributed by atoms with E-state index in [9.17, 15) is 0 Å². The number of hydrogen-bond donors (Lipinski definition) is 0. The van der Waals surface area contributed by atoms with Gasteiger partial charge in [-0.15, -0.1) is 0 Å². The minimum Gasteiger partial charge on any atom is -0.494 e. The number of ether oxygens (including phenoxy) is 1. The first-order chi connectivity index (χ1) is 12.3. The molecule has 25 heavy (non-hydrogen) atoms. The first-order valence-electron chi connectivity index (χ1n) is 9.71. The van der Waals surface area contributed by atoms with Gasteiger partial charge in [-0.3, -0.25) is 0 Å². The van der Waals surface area contributed by atoms with E-state index in [1.807, 2.05) is 0 Å². The molecule has 0 fully saturated rings. The van der Waals surface area contributed by atoms with Crippen LogP contribution in [0.15, 0.2) is 48.5 Å². The molecule has 0 spiro atoms. The predicted molar refractivity (Wildman–Crippen MR) is 113 cm³/mol. The Morgan fingerprint density at radius 1 is 0.680 bits per heavy atom. The molecule has 2 aromatic carbocycles. The molecule has 0 aliphatic carbocycles. The molecule has 0 aliphatic rings. The fourth-order valence-electron chi connectivity index (χ4n) is 2.96. The minimum atomic E-state index is 0.828. The van der Waals surface area contributed by atoms with Crippen LogP contribution in [-0.2, 0) is 5.33 Å². The van der Waals surface area contributed by atoms with Gasteiger partial charge in [0, 0.05) is 5.33 Å². The third-order valence-corrected chi connectivity index (χ3v) is 5.21. The van der Waals surface area contributed by atoms with Crippen molar-refractivity contribution in [3.05, 3.63) is 54.1 Å². The molecule has 136 valence electrons. The van der Waals surface area contributed by atoms with E-state index in [1.165, 1.54) is 61.6 Å². The van der Waals surface area contributed by atoms with Gasteiger partial charge in [-0.05, 0) is 35.2 Å². The Morgan fingerprint density at radius 2 is 1.20 bits per heavy atom. The summed E-state index contributed by atoms with van der Waals surface area (Å²) >= 11 is 3.48. The number of unbranched alkanes of at least 4 members (excludes halogenated alkanes) is 7. The highest BCUT2D eigenvalue weighted by molar-refractivity contribution is 9.08. The van der Waals surface area contributed by atoms with Crippen LogP contribution in [0.25, 0.3) is 11.1 Å². The number of hydrogen-bond acceptors (Lipinski definition) is 1. The summed E-state index contributed by atoms with van der Waals surface area (Å²) in [5.41, 5.74) is 3.79. The predicted octanol–water partition coefficient (Wildman–Crippen LogP) is 7.77. The maximum Gasteiger partial charge on any atom is 0.119 e. The molecular weight excluding hydrogens is 372 g/mol. The summed E-state index contributed by atoms with van der Waals surface area (Å²) in [6, 6.07) is 17.1. The normalized spacial score (nSPS) is 10.8. The van der Waals surface area contributed by atoms with Gasteiger partial charge >= 0.3 is 0 Å². The highest BCUT2D eigenvalue weighted by Crippen LogP contribution is 2.23. The van der Waals surface area contributed by atoms with E-state index in [1.54, 1.807) is 0 Å². The van der Waals surface area contributed by atoms with Gasteiger partial charge in [0.05, 0.1) is 6.61 Å². The van der Waals surface area contributed by atoms with Gasteiger partial charge in [0.25, 0.3) is 0 Å². The average Bonchev–Trinajstić information content (AvgIpc) is 2.67. The zero-order valence-electron chi connectivity index (χ0n) is 15.5. The van der Waals surface area contributed by atoms with Crippen molar-refractivity contribution in [3.63, 3.8) is 0 Å². The van der Waals surface area contributed by atoms with Crippen LogP contribution >= 0.6 is 15.9 Å². The summed E-state index contributed by atoms with van der Waals surface area (Å²) in [5, 5.41) is 0.902. The molecular formula is C23H31BrO. The molecule has 0 N–H and O–H groups in total. The van der Waals surface area contributed by atoms with Crippen LogP contribution in [0.5, 0.6) is 5.75 Å². The van der Waals surface area contributed by atoms with Gasteiger partial charge < -0.3 is 4.74 Å². The summed E-state index contributed by atoms with van der Waals surface area (Å²) in [6.07, 6.45) is 10.7. The highest BCUT2D eigenvalue weighted by Gasteiger charge is 2.00. The molecule has 0 aromatic heterocycles. The molecule has 0 aliphatic heterocycles. The number of benzene rings is 2. The van der Waals surface area contributed by atoms with Gasteiger partial charge in [-0.25, -0.2) is 0 Å². The van der Waals surface area contributed by atoms with Crippen molar-refractivity contribution in [3.8, 4) is 16.9 Å². The minimum absolute atomic E-state index is 0.828. The van der Waals surface area contributed by atoms with E-state index >= 15 is 0 Å². The molecule has 1 nitrogen and oxygen atoms in total. The fraction of sp³-hybridized carbons (Fsp3) is 0.478. The van der Waals surface area contributed by atoms with E-state index in [-0.39, 0.29) is 0 Å². The van der Waals surface area contributed by atoms with Crippen LogP contribution in [0, 0.1) is 0 Å². The van der Waals surface area contributed by atoms with Crippen molar-refractivity contribution >= 4 is 15.9 Å². The fourth-order valence-corrected chi connectivity index (χ4v) is 3.33. The summed E-state index contributed by atoms with van der Waals surface area (Å²) in [4.78, 5) is 0. The van der Waals surface area contributed by atoms with E-state index in [4.69, 9.17) is 4.74 Å². The van der Waals surface area contributed by atoms with E-state index in [0.717, 1.165) is 24.1 Å². The van der Waals surface area contributed by atoms with Crippen molar-refractivity contribution in [2.75, 3.05) is 6.61 Å². The Hall–Kier alpha value is -1.28. The largest absolute Gasteiger partial charge is 0.494 e. The van der Waals surface area contributed by atoms with Gasteiger partial charge in [-0.2, -0.15) is 0 Å². The smallest absolute Gasteiger partial charge is 0.119 e. The maximum atomic E-state index is 5.87. The summed E-state index contributed by atoms with van der Waals surface area (Å²) < 4.78 is 5.87. The highest BCUT2D eigenvalue weighted by atomic mass is 79.9. The average molecular weight is 403 g/mol. The number of rotatable bonds is 12. The summed E-state index contributed by atoms with van der Waals surface area (Å²) in [7, 11) is 0. The second-order valence-corrected chi connectivity index (χ2v) is 7.24. The SMILES string of the molecule is CCCCCCCCCCOc1ccc(-c2ccc(CBr)cc2)cc1. The van der Waals surface area contributed by atoms with Crippen LogP contribution < -0.4 is 4.74 Å². The lowest BCUT2D eigenvalue weighted by molar-refractivity contribution is 0.304. The molecule has 0 amide bonds. The molecule has 0 unspecified atom stereocenters. The molecule has 0 radical (unpaired) electrons. The summed E-state index contributed by atoms with van der Waals surface area (Å²) in [6.45, 7) is 3.10. The van der Waals surface area contributed by atoms with Crippen LogP contribution in [-0.4, -0.2) is 6.61 Å². The molecule has 0 bridgehead atoms. The van der Waals surface area contributed by atoms with Crippen molar-refractivity contribution in [2.24, 2.45) is 0 Å². The molecule has 0 atom stereocenters. The molecule has 0 heterocycles. The quantitative estimate of drug-likeness (QED) is 0.260. The van der Waals surface area contributed by atoms with Crippen LogP contribution in [0.2, 0.25) is 0 Å². The lowest BCUT2D eigenvalue weighted by Crippen LogP contribution is -1.97. The van der Waals surface area contributed by atoms with Crippen LogP contribution in [0.4, 0.5) is 0 Å². The monoisotopic (exact) mass is 402 g/mol. The first kappa shape index (κ1) is 20.0. The van der Waals surface area contributed by atoms with Gasteiger partial charge in [0.15, 0.2) is 0 Å². The standard InChI is InChI=1S/C23H31BrO/c1-2-3-4-5-6-7-8-9-18-25-23-16-14-22(15-17-23)21-12-10-20(19-24)11-13-21/h10-17H,2-9,18-19H2,1H3. The third kappa shape index (κ3) is 7.64. The van der Waals surface area contributed by atoms with Crippen molar-refractivity contribution < 1.29 is 4.74 Å². The topological polar surface area (TPSA) is 9.23 Å². The molecule has 0 saturated carbocycles. The Kier molecular flexibility index (Phi) is 9.73. The van der Waals surface area contributed by atoms with Gasteiger partial charge in [0.2, 0.25) is 0 Å². The lowest BCUT2D eigenvalue weighted by Gasteiger charge is -2.08. The van der Waals surface area contributed by atoms with Crippen molar-refractivity contribution in [1.29, 1.82) is 0 Å². The zero-order valence-corrected chi connectivity index (χ0v) is 17.1. The molecule has 2 aromatic rings. The van der Waals surface area contributed by atoms with E-state index in [2.05, 4.69) is 71.4 Å². The Bertz CT molecular complexity index is 574. The Balaban J connectivity index is 1.65. The maximum absolute atomic E-state index is 5.87. The van der Waals surface area contributed by atoms with Crippen LogP contribution in [0.1, 0.15) is 63.9 Å². The van der Waals surface area contributed by atoms with Gasteiger partial charge in [-0.1, -0.05) is 104 Å². The van der Waals surface area contributed by atoms with E-state index in [0.29, 0.717) is 0 Å². The Morgan fingerprint density at radius 3 is 1.76 bits per heavy atom. The van der Waals surface area contributed by atoms with E-state index < -0.39 is 0 Å². The van der Waals surface area contributed by atoms with Crippen molar-refractivity contribution in [2.45, 2.75) is 63.6 Å². The third-order valence-electron chi connectivity index (χ3n) is 4.56. The van der Waals surface area contributed by atoms with Gasteiger partial charge in [0.1, 0.15) is 5.75 Å². The zero-order chi connectivity index (χ0) is 17.7. The first-order valence-corrected chi connectivity index (χ1v) is 10.8. The van der Waals surface area contributed by atoms with Crippen molar-refractivity contribution in [1.82, 2.24) is 0 Å². The molecule has 2 rings (SSSR count). The second-order valence-electron chi connectivity index (χ2n) is 6.68. The molecule has 0 saturated heterocycles. The van der Waals surface area contributed by atoms with Crippen LogP contribution in [0.3, 0.4) is 0 Å². The number of alkyl halides is 1. The summed E-state index contributed by atoms with van der Waals surface area (Å²) in [5.74, 6) is 0.976. The number of halogens is 1.